The molecule has 1 aromatic carbocycles. The molecule has 80 valence electrons. The summed E-state index contributed by atoms with van der Waals surface area (Å²) >= 11 is 5.70. The van der Waals surface area contributed by atoms with Crippen LogP contribution in [0.1, 0.15) is 31.4 Å². The third-order valence-electron chi connectivity index (χ3n) is 1.91. The normalized spacial score (nSPS) is 12.0. The monoisotopic (exact) mass is 237 g/mol. The first-order valence-electron chi connectivity index (χ1n) is 4.35. The summed E-state index contributed by atoms with van der Waals surface area (Å²) in [5, 5.41) is 0.404. The fourth-order valence-corrected chi connectivity index (χ4v) is 1.50. The highest BCUT2D eigenvalue weighted by Crippen LogP contribution is 2.21. The molecule has 0 bridgehead atoms. The summed E-state index contributed by atoms with van der Waals surface area (Å²) in [6.07, 6.45) is 1.83. The van der Waals surface area contributed by atoms with Gasteiger partial charge >= 0.3 is 0 Å². The van der Waals surface area contributed by atoms with Crippen LogP contribution in [0.2, 0.25) is 5.02 Å². The van der Waals surface area contributed by atoms with Gasteiger partial charge in [-0.3, -0.25) is 0 Å². The van der Waals surface area contributed by atoms with Crippen molar-refractivity contribution in [1.82, 2.24) is 0 Å². The van der Waals surface area contributed by atoms with Crippen LogP contribution in [0.3, 0.4) is 0 Å². The summed E-state index contributed by atoms with van der Waals surface area (Å²) in [6.45, 7) is 2.04. The predicted octanol–water partition coefficient (Wildman–Crippen LogP) is 3.70. The molecule has 0 spiro atoms. The highest BCUT2D eigenvalue weighted by atomic mass is 35.5. The zero-order valence-electron chi connectivity index (χ0n) is 7.97. The lowest BCUT2D eigenvalue weighted by Gasteiger charge is -2.10. The first kappa shape index (κ1) is 13.7. The predicted molar refractivity (Wildman–Crippen MR) is 60.5 cm³/mol. The summed E-state index contributed by atoms with van der Waals surface area (Å²) in [7, 11) is 0. The van der Waals surface area contributed by atoms with Crippen LogP contribution in [0, 0.1) is 5.82 Å². The quantitative estimate of drug-likeness (QED) is 0.853. The van der Waals surface area contributed by atoms with E-state index in [1.807, 2.05) is 6.92 Å². The van der Waals surface area contributed by atoms with Crippen molar-refractivity contribution in [3.63, 3.8) is 0 Å². The topological polar surface area (TPSA) is 26.0 Å². The first-order valence-corrected chi connectivity index (χ1v) is 4.73. The van der Waals surface area contributed by atoms with E-state index in [0.29, 0.717) is 5.02 Å². The largest absolute Gasteiger partial charge is 0.324 e. The Morgan fingerprint density at radius 2 is 2.07 bits per heavy atom. The van der Waals surface area contributed by atoms with E-state index in [-0.39, 0.29) is 24.3 Å². The van der Waals surface area contributed by atoms with Gasteiger partial charge in [0.25, 0.3) is 0 Å². The molecule has 0 amide bonds. The van der Waals surface area contributed by atoms with Gasteiger partial charge in [-0.2, -0.15) is 0 Å². The molecule has 0 aliphatic heterocycles. The molecule has 0 aliphatic carbocycles. The van der Waals surface area contributed by atoms with E-state index in [1.165, 1.54) is 12.1 Å². The lowest BCUT2D eigenvalue weighted by Crippen LogP contribution is -2.09. The van der Waals surface area contributed by atoms with Gasteiger partial charge in [0, 0.05) is 11.1 Å². The molecule has 0 aliphatic rings. The summed E-state index contributed by atoms with van der Waals surface area (Å²) in [4.78, 5) is 0. The van der Waals surface area contributed by atoms with Crippen LogP contribution in [0.5, 0.6) is 0 Å². The molecule has 0 saturated carbocycles. The van der Waals surface area contributed by atoms with Crippen LogP contribution in [-0.2, 0) is 0 Å². The van der Waals surface area contributed by atoms with E-state index in [9.17, 15) is 4.39 Å². The molecule has 4 heteroatoms. The average Bonchev–Trinajstić information content (AvgIpc) is 2.03. The van der Waals surface area contributed by atoms with Crippen molar-refractivity contribution in [3.8, 4) is 0 Å². The smallest absolute Gasteiger partial charge is 0.125 e. The van der Waals surface area contributed by atoms with Crippen molar-refractivity contribution in [1.29, 1.82) is 0 Å². The van der Waals surface area contributed by atoms with E-state index < -0.39 is 0 Å². The van der Waals surface area contributed by atoms with E-state index in [4.69, 9.17) is 17.3 Å². The number of hydrogen-bond acceptors (Lipinski definition) is 1. The molecule has 1 aromatic rings. The van der Waals surface area contributed by atoms with Crippen LogP contribution in [0.15, 0.2) is 18.2 Å². The van der Waals surface area contributed by atoms with Crippen molar-refractivity contribution < 1.29 is 4.39 Å². The Balaban J connectivity index is 0.00000169. The van der Waals surface area contributed by atoms with Gasteiger partial charge in [-0.25, -0.2) is 4.39 Å². The van der Waals surface area contributed by atoms with Crippen LogP contribution in [-0.4, -0.2) is 0 Å². The Kier molecular flexibility index (Phi) is 6.09. The van der Waals surface area contributed by atoms with Crippen molar-refractivity contribution >= 4 is 24.0 Å². The van der Waals surface area contributed by atoms with Crippen molar-refractivity contribution in [2.24, 2.45) is 5.73 Å². The van der Waals surface area contributed by atoms with Crippen molar-refractivity contribution in [2.75, 3.05) is 0 Å². The minimum atomic E-state index is -0.325. The minimum absolute atomic E-state index is 0. The summed E-state index contributed by atoms with van der Waals surface area (Å²) in [6, 6.07) is 4.32. The van der Waals surface area contributed by atoms with Crippen LogP contribution in [0.4, 0.5) is 4.39 Å². The van der Waals surface area contributed by atoms with Gasteiger partial charge in [0.1, 0.15) is 5.82 Å². The summed E-state index contributed by atoms with van der Waals surface area (Å²) in [5.74, 6) is -0.325. The zero-order chi connectivity index (χ0) is 9.84. The van der Waals surface area contributed by atoms with Crippen molar-refractivity contribution in [2.45, 2.75) is 25.8 Å². The molecule has 1 atom stereocenters. The third kappa shape index (κ3) is 3.82. The molecule has 0 radical (unpaired) electrons. The number of rotatable bonds is 3. The Bertz CT molecular complexity index is 271. The second-order valence-electron chi connectivity index (χ2n) is 3.10. The lowest BCUT2D eigenvalue weighted by molar-refractivity contribution is 0.605. The molecule has 1 rings (SSSR count). The molecule has 0 saturated heterocycles. The Hall–Kier alpha value is -0.310. The van der Waals surface area contributed by atoms with Crippen LogP contribution >= 0.6 is 24.0 Å². The fourth-order valence-electron chi connectivity index (χ4n) is 1.27. The Labute approximate surface area is 94.9 Å². The highest BCUT2D eigenvalue weighted by molar-refractivity contribution is 6.30. The fraction of sp³-hybridized carbons (Fsp3) is 0.400. The van der Waals surface area contributed by atoms with E-state index in [1.54, 1.807) is 6.07 Å². The van der Waals surface area contributed by atoms with Gasteiger partial charge in [-0.1, -0.05) is 24.9 Å². The van der Waals surface area contributed by atoms with Gasteiger partial charge < -0.3 is 5.73 Å². The molecule has 14 heavy (non-hydrogen) atoms. The van der Waals surface area contributed by atoms with E-state index in [2.05, 4.69) is 0 Å². The molecule has 1 nitrogen and oxygen atoms in total. The summed E-state index contributed by atoms with van der Waals surface area (Å²) in [5.41, 5.74) is 6.59. The van der Waals surface area contributed by atoms with Crippen LogP contribution in [0.25, 0.3) is 0 Å². The molecule has 0 unspecified atom stereocenters. The standard InChI is InChI=1S/C10H13ClFN.ClH/c1-2-3-10(13)7-4-8(11)6-9(12)5-7;/h4-6,10H,2-3,13H2,1H3;1H/t10-;/m0./s1. The maximum atomic E-state index is 12.9. The number of benzene rings is 1. The first-order chi connectivity index (χ1) is 6.13. The maximum absolute atomic E-state index is 12.9. The SMILES string of the molecule is CCC[C@H](N)c1cc(F)cc(Cl)c1.Cl. The number of hydrogen-bond donors (Lipinski definition) is 1. The third-order valence-corrected chi connectivity index (χ3v) is 2.13. The highest BCUT2D eigenvalue weighted by Gasteiger charge is 2.06. The van der Waals surface area contributed by atoms with Gasteiger partial charge in [0.2, 0.25) is 0 Å². The average molecular weight is 238 g/mol. The van der Waals surface area contributed by atoms with Gasteiger partial charge in [-0.15, -0.1) is 12.4 Å². The molecular formula is C10H14Cl2FN. The molecular weight excluding hydrogens is 224 g/mol. The summed E-state index contributed by atoms with van der Waals surface area (Å²) < 4.78 is 12.9. The van der Waals surface area contributed by atoms with Crippen molar-refractivity contribution in [3.05, 3.63) is 34.6 Å². The van der Waals surface area contributed by atoms with Gasteiger partial charge in [0.15, 0.2) is 0 Å². The van der Waals surface area contributed by atoms with Gasteiger partial charge in [-0.05, 0) is 30.2 Å². The Morgan fingerprint density at radius 3 is 2.57 bits per heavy atom. The maximum Gasteiger partial charge on any atom is 0.125 e. The molecule has 2 N–H and O–H groups in total. The number of halogens is 3. The molecule has 0 aromatic heterocycles. The second-order valence-corrected chi connectivity index (χ2v) is 3.53. The number of nitrogens with two attached hydrogens (primary N) is 1. The minimum Gasteiger partial charge on any atom is -0.324 e. The second kappa shape index (κ2) is 6.23. The van der Waals surface area contributed by atoms with E-state index >= 15 is 0 Å². The Morgan fingerprint density at radius 1 is 1.43 bits per heavy atom. The lowest BCUT2D eigenvalue weighted by atomic mass is 10.0. The van der Waals surface area contributed by atoms with Gasteiger partial charge in [0.05, 0.1) is 0 Å². The zero-order valence-corrected chi connectivity index (χ0v) is 9.54. The van der Waals surface area contributed by atoms with E-state index in [0.717, 1.165) is 18.4 Å². The molecule has 0 fully saturated rings. The molecule has 0 heterocycles. The van der Waals surface area contributed by atoms with Crippen LogP contribution < -0.4 is 5.73 Å².